The van der Waals surface area contributed by atoms with Crippen molar-refractivity contribution in [1.82, 2.24) is 10.1 Å². The van der Waals surface area contributed by atoms with Crippen LogP contribution in [0, 0.1) is 5.92 Å². The van der Waals surface area contributed by atoms with Gasteiger partial charge in [-0.05, 0) is 18.8 Å². The number of aliphatic hydroxyl groups is 1. The number of likely N-dealkylation sites (tertiary alicyclic amines) is 1. The van der Waals surface area contributed by atoms with Gasteiger partial charge in [0.25, 0.3) is 5.91 Å². The maximum Gasteiger partial charge on any atom is 0.276 e. The number of rotatable bonds is 4. The van der Waals surface area contributed by atoms with Crippen molar-refractivity contribution < 1.29 is 19.2 Å². The molecule has 1 aromatic heterocycles. The van der Waals surface area contributed by atoms with Crippen molar-refractivity contribution in [3.05, 3.63) is 17.5 Å². The number of methoxy groups -OCH3 is 1. The normalized spacial score (nSPS) is 20.1. The average Bonchev–Trinajstić information content (AvgIpc) is 2.87. The Labute approximate surface area is 106 Å². The SMILES string of the molecule is COCc1cc(C(=O)N2CCCC(CO)C2)no1. The summed E-state index contributed by atoms with van der Waals surface area (Å²) < 4.78 is 9.91. The van der Waals surface area contributed by atoms with Gasteiger partial charge in [-0.1, -0.05) is 5.16 Å². The second kappa shape index (κ2) is 5.97. The summed E-state index contributed by atoms with van der Waals surface area (Å²) in [6.45, 7) is 1.72. The molecule has 2 rings (SSSR count). The van der Waals surface area contributed by atoms with Gasteiger partial charge in [0.05, 0.1) is 0 Å². The lowest BCUT2D eigenvalue weighted by Gasteiger charge is -2.31. The molecule has 1 atom stereocenters. The summed E-state index contributed by atoms with van der Waals surface area (Å²) in [5.41, 5.74) is 0.306. The molecule has 0 spiro atoms. The molecule has 1 fully saturated rings. The maximum atomic E-state index is 12.2. The van der Waals surface area contributed by atoms with Crippen molar-refractivity contribution in [2.24, 2.45) is 5.92 Å². The van der Waals surface area contributed by atoms with Crippen molar-refractivity contribution in [2.75, 3.05) is 26.8 Å². The Morgan fingerprint density at radius 1 is 1.72 bits per heavy atom. The van der Waals surface area contributed by atoms with Gasteiger partial charge in [0.2, 0.25) is 0 Å². The number of hydrogen-bond donors (Lipinski definition) is 1. The quantitative estimate of drug-likeness (QED) is 0.854. The molecular formula is C12H18N2O4. The maximum absolute atomic E-state index is 12.2. The molecule has 0 bridgehead atoms. The van der Waals surface area contributed by atoms with E-state index in [1.807, 2.05) is 0 Å². The molecule has 1 aliphatic heterocycles. The summed E-state index contributed by atoms with van der Waals surface area (Å²) in [4.78, 5) is 13.9. The van der Waals surface area contributed by atoms with E-state index in [-0.39, 0.29) is 18.4 Å². The summed E-state index contributed by atoms with van der Waals surface area (Å²) in [6.07, 6.45) is 1.88. The smallest absolute Gasteiger partial charge is 0.276 e. The second-order valence-electron chi connectivity index (χ2n) is 4.55. The zero-order valence-electron chi connectivity index (χ0n) is 10.5. The monoisotopic (exact) mass is 254 g/mol. The van der Waals surface area contributed by atoms with Gasteiger partial charge in [-0.15, -0.1) is 0 Å². The third-order valence-corrected chi connectivity index (χ3v) is 3.13. The van der Waals surface area contributed by atoms with Crippen LogP contribution in [0.15, 0.2) is 10.6 Å². The number of carbonyl (C=O) groups excluding carboxylic acids is 1. The second-order valence-corrected chi connectivity index (χ2v) is 4.55. The largest absolute Gasteiger partial charge is 0.396 e. The first-order valence-electron chi connectivity index (χ1n) is 6.09. The molecule has 1 N–H and O–H groups in total. The van der Waals surface area contributed by atoms with E-state index < -0.39 is 0 Å². The van der Waals surface area contributed by atoms with Crippen molar-refractivity contribution in [2.45, 2.75) is 19.4 Å². The molecule has 1 amide bonds. The summed E-state index contributed by atoms with van der Waals surface area (Å²) >= 11 is 0. The Hall–Kier alpha value is -1.40. The number of piperidine rings is 1. The van der Waals surface area contributed by atoms with Crippen LogP contribution in [0.4, 0.5) is 0 Å². The van der Waals surface area contributed by atoms with E-state index in [4.69, 9.17) is 14.4 Å². The average molecular weight is 254 g/mol. The predicted molar refractivity (Wildman–Crippen MR) is 62.9 cm³/mol. The fourth-order valence-electron chi connectivity index (χ4n) is 2.18. The van der Waals surface area contributed by atoms with E-state index in [0.717, 1.165) is 12.8 Å². The van der Waals surface area contributed by atoms with Crippen LogP contribution >= 0.6 is 0 Å². The number of aliphatic hydroxyl groups excluding tert-OH is 1. The predicted octanol–water partition coefficient (Wildman–Crippen LogP) is 0.665. The molecule has 1 aromatic rings. The highest BCUT2D eigenvalue weighted by Gasteiger charge is 2.26. The van der Waals surface area contributed by atoms with Gasteiger partial charge in [0.1, 0.15) is 6.61 Å². The van der Waals surface area contributed by atoms with Gasteiger partial charge >= 0.3 is 0 Å². The third kappa shape index (κ3) is 2.88. The highest BCUT2D eigenvalue weighted by molar-refractivity contribution is 5.92. The van der Waals surface area contributed by atoms with Crippen molar-refractivity contribution in [1.29, 1.82) is 0 Å². The van der Waals surface area contributed by atoms with Crippen LogP contribution < -0.4 is 0 Å². The molecule has 0 radical (unpaired) electrons. The number of hydrogen-bond acceptors (Lipinski definition) is 5. The topological polar surface area (TPSA) is 75.8 Å². The summed E-state index contributed by atoms with van der Waals surface area (Å²) in [5.74, 6) is 0.573. The minimum absolute atomic E-state index is 0.123. The van der Waals surface area contributed by atoms with Gasteiger partial charge in [-0.25, -0.2) is 0 Å². The molecule has 0 aliphatic carbocycles. The molecule has 1 saturated heterocycles. The van der Waals surface area contributed by atoms with Gasteiger partial charge in [-0.2, -0.15) is 0 Å². The van der Waals surface area contributed by atoms with Crippen LogP contribution in [0.3, 0.4) is 0 Å². The Kier molecular flexibility index (Phi) is 4.33. The number of nitrogens with zero attached hydrogens (tertiary/aromatic N) is 2. The van der Waals surface area contributed by atoms with Crippen LogP contribution in [0.5, 0.6) is 0 Å². The molecular weight excluding hydrogens is 236 g/mol. The third-order valence-electron chi connectivity index (χ3n) is 3.13. The molecule has 0 aromatic carbocycles. The number of carbonyl (C=O) groups is 1. The summed E-state index contributed by atoms with van der Waals surface area (Å²) in [6, 6.07) is 1.61. The van der Waals surface area contributed by atoms with E-state index in [9.17, 15) is 4.79 Å². The fraction of sp³-hybridized carbons (Fsp3) is 0.667. The summed E-state index contributed by atoms with van der Waals surface area (Å²) in [7, 11) is 1.56. The van der Waals surface area contributed by atoms with E-state index in [1.165, 1.54) is 0 Å². The first kappa shape index (κ1) is 13.0. The van der Waals surface area contributed by atoms with Crippen molar-refractivity contribution in [3.8, 4) is 0 Å². The molecule has 6 heteroatoms. The lowest BCUT2D eigenvalue weighted by molar-refractivity contribution is 0.0610. The van der Waals surface area contributed by atoms with Gasteiger partial charge in [-0.3, -0.25) is 4.79 Å². The Morgan fingerprint density at radius 2 is 2.56 bits per heavy atom. The lowest BCUT2D eigenvalue weighted by atomic mass is 9.99. The van der Waals surface area contributed by atoms with Gasteiger partial charge < -0.3 is 19.3 Å². The van der Waals surface area contributed by atoms with E-state index >= 15 is 0 Å². The minimum atomic E-state index is -0.140. The standard InChI is InChI=1S/C12H18N2O4/c1-17-8-10-5-11(13-18-10)12(16)14-4-2-3-9(6-14)7-15/h5,9,15H,2-4,6-8H2,1H3. The summed E-state index contributed by atoms with van der Waals surface area (Å²) in [5, 5.41) is 12.9. The van der Waals surface area contributed by atoms with Crippen molar-refractivity contribution >= 4 is 5.91 Å². The van der Waals surface area contributed by atoms with Crippen LogP contribution in [0.1, 0.15) is 29.1 Å². The van der Waals surface area contributed by atoms with Crippen LogP contribution in [-0.2, 0) is 11.3 Å². The molecule has 2 heterocycles. The Morgan fingerprint density at radius 3 is 3.28 bits per heavy atom. The molecule has 0 saturated carbocycles. The first-order valence-corrected chi connectivity index (χ1v) is 6.09. The molecule has 1 aliphatic rings. The van der Waals surface area contributed by atoms with E-state index in [1.54, 1.807) is 18.1 Å². The molecule has 18 heavy (non-hydrogen) atoms. The zero-order valence-corrected chi connectivity index (χ0v) is 10.5. The fourth-order valence-corrected chi connectivity index (χ4v) is 2.18. The van der Waals surface area contributed by atoms with Crippen LogP contribution in [0.25, 0.3) is 0 Å². The number of amides is 1. The van der Waals surface area contributed by atoms with Crippen LogP contribution in [-0.4, -0.2) is 47.9 Å². The highest BCUT2D eigenvalue weighted by Crippen LogP contribution is 2.18. The number of aromatic nitrogens is 1. The molecule has 100 valence electrons. The zero-order chi connectivity index (χ0) is 13.0. The Bertz CT molecular complexity index is 405. The first-order chi connectivity index (χ1) is 8.74. The molecule has 1 unspecified atom stereocenters. The van der Waals surface area contributed by atoms with E-state index in [0.29, 0.717) is 31.2 Å². The minimum Gasteiger partial charge on any atom is -0.396 e. The lowest BCUT2D eigenvalue weighted by Crippen LogP contribution is -2.41. The number of ether oxygens (including phenoxy) is 1. The highest BCUT2D eigenvalue weighted by atomic mass is 16.5. The van der Waals surface area contributed by atoms with Crippen molar-refractivity contribution in [3.63, 3.8) is 0 Å². The van der Waals surface area contributed by atoms with Gasteiger partial charge in [0, 0.05) is 32.9 Å². The Balaban J connectivity index is 2.00. The van der Waals surface area contributed by atoms with Gasteiger partial charge in [0.15, 0.2) is 11.5 Å². The van der Waals surface area contributed by atoms with Crippen LogP contribution in [0.2, 0.25) is 0 Å². The molecule has 6 nitrogen and oxygen atoms in total. The van der Waals surface area contributed by atoms with E-state index in [2.05, 4.69) is 5.16 Å².